The van der Waals surface area contributed by atoms with E-state index in [4.69, 9.17) is 5.73 Å². The maximum Gasteiger partial charge on any atom is 0.257 e. The number of phenolic OH excluding ortho intramolecular Hbond substituents is 1. The zero-order chi connectivity index (χ0) is 29.9. The smallest absolute Gasteiger partial charge is 0.257 e. The fraction of sp³-hybridized carbons (Fsp3) is 0.233. The molecular weight excluding hydrogens is 546 g/mol. The summed E-state index contributed by atoms with van der Waals surface area (Å²) in [6.07, 6.45) is 3.19. The Hall–Kier alpha value is -5.77. The lowest BCUT2D eigenvalue weighted by molar-refractivity contribution is 0.0960. The molecule has 0 radical (unpaired) electrons. The summed E-state index contributed by atoms with van der Waals surface area (Å²) < 4.78 is 1.64. The molecule has 13 nitrogen and oxygen atoms in total. The molecule has 1 aliphatic rings. The molecule has 0 unspecified atom stereocenters. The molecular formula is C30H29N11O2. The van der Waals surface area contributed by atoms with Gasteiger partial charge in [0.05, 0.1) is 24.1 Å². The topological polar surface area (TPSA) is 164 Å². The number of phenols is 1. The van der Waals surface area contributed by atoms with Gasteiger partial charge in [-0.25, -0.2) is 19.5 Å². The first-order valence-electron chi connectivity index (χ1n) is 13.7. The average Bonchev–Trinajstić information content (AvgIpc) is 3.44. The number of hydrogen-bond donors (Lipinski definition) is 3. The van der Waals surface area contributed by atoms with Gasteiger partial charge in [-0.3, -0.25) is 4.79 Å². The van der Waals surface area contributed by atoms with Crippen molar-refractivity contribution < 1.29 is 9.90 Å². The van der Waals surface area contributed by atoms with E-state index in [1.807, 2.05) is 38.1 Å². The number of benzene rings is 1. The summed E-state index contributed by atoms with van der Waals surface area (Å²) in [5, 5.41) is 25.6. The number of hydrogen-bond acceptors (Lipinski definition) is 11. The van der Waals surface area contributed by atoms with Gasteiger partial charge in [-0.15, -0.1) is 10.2 Å². The SMILES string of the molecule is Cc1cc(C)n2ncc(C(=O)NCC#Cc3nccc(N4CCN(c5cc(-c6ccccc6O)nnc5N)CC4)n3)c2n1. The molecule has 6 rings (SSSR count). The van der Waals surface area contributed by atoms with Gasteiger partial charge in [0, 0.05) is 49.3 Å². The minimum Gasteiger partial charge on any atom is -0.507 e. The zero-order valence-electron chi connectivity index (χ0n) is 23.7. The van der Waals surface area contributed by atoms with Crippen LogP contribution in [0.2, 0.25) is 0 Å². The summed E-state index contributed by atoms with van der Waals surface area (Å²) in [6.45, 7) is 6.68. The number of piperazine rings is 1. The predicted molar refractivity (Wildman–Crippen MR) is 162 cm³/mol. The van der Waals surface area contributed by atoms with Crippen molar-refractivity contribution in [3.63, 3.8) is 0 Å². The van der Waals surface area contributed by atoms with Gasteiger partial charge in [0.25, 0.3) is 5.91 Å². The third-order valence-corrected chi connectivity index (χ3v) is 7.13. The van der Waals surface area contributed by atoms with Crippen LogP contribution in [0.4, 0.5) is 17.3 Å². The van der Waals surface area contributed by atoms with Crippen LogP contribution in [-0.4, -0.2) is 78.5 Å². The molecule has 216 valence electrons. The van der Waals surface area contributed by atoms with Crippen LogP contribution < -0.4 is 20.9 Å². The Morgan fingerprint density at radius 2 is 1.84 bits per heavy atom. The standard InChI is InChI=1S/C30H29N11O2/c1-19-16-20(2)41-29(35-19)22(18-34-41)30(43)33-10-5-8-26-32-11-9-27(36-26)40-14-12-39(13-15-40)24-17-23(37-38-28(24)31)21-6-3-4-7-25(21)42/h3-4,6-7,9,11,16-18,42H,10,12-15H2,1-2H3,(H2,31,38)(H,33,43). The molecule has 4 aromatic heterocycles. The number of para-hydroxylation sites is 1. The molecule has 13 heteroatoms. The van der Waals surface area contributed by atoms with Crippen LogP contribution in [0.1, 0.15) is 27.6 Å². The number of nitrogens with zero attached hydrogens (tertiary/aromatic N) is 9. The van der Waals surface area contributed by atoms with Crippen molar-refractivity contribution in [2.75, 3.05) is 48.3 Å². The number of rotatable bonds is 5. The van der Waals surface area contributed by atoms with Crippen molar-refractivity contribution in [2.24, 2.45) is 0 Å². The molecule has 5 heterocycles. The Balaban J connectivity index is 1.08. The van der Waals surface area contributed by atoms with Gasteiger partial charge >= 0.3 is 0 Å². The van der Waals surface area contributed by atoms with E-state index in [1.165, 1.54) is 6.20 Å². The van der Waals surface area contributed by atoms with Crippen LogP contribution >= 0.6 is 0 Å². The molecule has 1 aromatic carbocycles. The predicted octanol–water partition coefficient (Wildman–Crippen LogP) is 1.99. The third-order valence-electron chi connectivity index (χ3n) is 7.13. The van der Waals surface area contributed by atoms with E-state index in [-0.39, 0.29) is 18.2 Å². The van der Waals surface area contributed by atoms with Crippen LogP contribution in [-0.2, 0) is 0 Å². The highest BCUT2D eigenvalue weighted by Crippen LogP contribution is 2.31. The first-order chi connectivity index (χ1) is 20.9. The van der Waals surface area contributed by atoms with E-state index >= 15 is 0 Å². The minimum absolute atomic E-state index is 0.122. The monoisotopic (exact) mass is 575 g/mol. The number of amides is 1. The van der Waals surface area contributed by atoms with Gasteiger partial charge < -0.3 is 26.0 Å². The molecule has 5 aromatic rings. The Kier molecular flexibility index (Phi) is 7.40. The maximum atomic E-state index is 12.7. The van der Waals surface area contributed by atoms with Gasteiger partial charge in [-0.2, -0.15) is 5.10 Å². The maximum absolute atomic E-state index is 12.7. The Labute approximate surface area is 247 Å². The lowest BCUT2D eigenvalue weighted by Crippen LogP contribution is -2.47. The summed E-state index contributed by atoms with van der Waals surface area (Å²) in [5.41, 5.74) is 10.7. The Bertz CT molecular complexity index is 1880. The van der Waals surface area contributed by atoms with Crippen LogP contribution in [0.25, 0.3) is 16.9 Å². The van der Waals surface area contributed by atoms with E-state index in [0.717, 1.165) is 22.9 Å². The molecule has 1 saturated heterocycles. The Morgan fingerprint density at radius 3 is 2.65 bits per heavy atom. The first kappa shape index (κ1) is 27.4. The van der Waals surface area contributed by atoms with Crippen molar-refractivity contribution >= 4 is 28.9 Å². The summed E-state index contributed by atoms with van der Waals surface area (Å²) in [7, 11) is 0. The number of aromatic hydroxyl groups is 1. The molecule has 0 spiro atoms. The molecule has 43 heavy (non-hydrogen) atoms. The normalized spacial score (nSPS) is 13.1. The molecule has 0 aliphatic carbocycles. The highest BCUT2D eigenvalue weighted by Gasteiger charge is 2.22. The van der Waals surface area contributed by atoms with E-state index in [2.05, 4.69) is 57.2 Å². The van der Waals surface area contributed by atoms with E-state index in [9.17, 15) is 9.90 Å². The van der Waals surface area contributed by atoms with Crippen LogP contribution in [0.15, 0.2) is 54.9 Å². The van der Waals surface area contributed by atoms with Crippen molar-refractivity contribution in [1.82, 2.24) is 40.1 Å². The summed E-state index contributed by atoms with van der Waals surface area (Å²) in [5.74, 6) is 7.17. The lowest BCUT2D eigenvalue weighted by atomic mass is 10.1. The fourth-order valence-electron chi connectivity index (χ4n) is 5.00. The number of nitrogens with one attached hydrogen (secondary N) is 1. The highest BCUT2D eigenvalue weighted by atomic mass is 16.3. The van der Waals surface area contributed by atoms with E-state index in [0.29, 0.717) is 60.3 Å². The number of carbonyl (C=O) groups is 1. The average molecular weight is 576 g/mol. The largest absolute Gasteiger partial charge is 0.507 e. The number of nitrogen functional groups attached to an aromatic ring is 1. The van der Waals surface area contributed by atoms with Gasteiger partial charge in [0.1, 0.15) is 17.1 Å². The summed E-state index contributed by atoms with van der Waals surface area (Å²) in [4.78, 5) is 30.4. The summed E-state index contributed by atoms with van der Waals surface area (Å²) in [6, 6.07) is 12.6. The number of nitrogens with two attached hydrogens (primary N) is 1. The molecule has 4 N–H and O–H groups in total. The van der Waals surface area contributed by atoms with E-state index in [1.54, 1.807) is 28.9 Å². The first-order valence-corrected chi connectivity index (χ1v) is 13.7. The van der Waals surface area contributed by atoms with Crippen LogP contribution in [0.5, 0.6) is 5.75 Å². The second kappa shape index (κ2) is 11.6. The van der Waals surface area contributed by atoms with Crippen molar-refractivity contribution in [3.8, 4) is 28.8 Å². The number of aryl methyl sites for hydroxylation is 2. The summed E-state index contributed by atoms with van der Waals surface area (Å²) >= 11 is 0. The molecule has 0 saturated carbocycles. The lowest BCUT2D eigenvalue weighted by Gasteiger charge is -2.36. The second-order valence-corrected chi connectivity index (χ2v) is 10.0. The van der Waals surface area contributed by atoms with Crippen molar-refractivity contribution in [2.45, 2.75) is 13.8 Å². The number of aromatic nitrogens is 7. The quantitative estimate of drug-likeness (QED) is 0.263. The van der Waals surface area contributed by atoms with Crippen LogP contribution in [0.3, 0.4) is 0 Å². The molecule has 1 aliphatic heterocycles. The van der Waals surface area contributed by atoms with Crippen molar-refractivity contribution in [3.05, 3.63) is 77.6 Å². The van der Waals surface area contributed by atoms with E-state index < -0.39 is 0 Å². The molecule has 0 bridgehead atoms. The third kappa shape index (κ3) is 5.71. The number of anilines is 3. The van der Waals surface area contributed by atoms with Gasteiger partial charge in [-0.1, -0.05) is 18.1 Å². The number of fused-ring (bicyclic) bond motifs is 1. The molecule has 1 fully saturated rings. The van der Waals surface area contributed by atoms with Gasteiger partial charge in [-0.05, 0) is 50.1 Å². The van der Waals surface area contributed by atoms with Gasteiger partial charge in [0.15, 0.2) is 11.5 Å². The van der Waals surface area contributed by atoms with Crippen molar-refractivity contribution in [1.29, 1.82) is 0 Å². The van der Waals surface area contributed by atoms with Crippen LogP contribution in [0, 0.1) is 25.7 Å². The highest BCUT2D eigenvalue weighted by molar-refractivity contribution is 5.99. The second-order valence-electron chi connectivity index (χ2n) is 10.0. The number of carbonyl (C=O) groups excluding carboxylic acids is 1. The minimum atomic E-state index is -0.299. The molecule has 1 amide bonds. The fourth-order valence-corrected chi connectivity index (χ4v) is 5.00. The molecule has 0 atom stereocenters. The zero-order valence-corrected chi connectivity index (χ0v) is 23.7. The Morgan fingerprint density at radius 1 is 1.05 bits per heavy atom. The van der Waals surface area contributed by atoms with Gasteiger partial charge in [0.2, 0.25) is 5.82 Å².